The van der Waals surface area contributed by atoms with E-state index in [4.69, 9.17) is 16.6 Å². The Bertz CT molecular complexity index is 1280. The van der Waals surface area contributed by atoms with Crippen LogP contribution in [0.4, 0.5) is 20.6 Å². The van der Waals surface area contributed by atoms with Crippen LogP contribution in [-0.2, 0) is 5.41 Å². The van der Waals surface area contributed by atoms with Crippen LogP contribution in [0.3, 0.4) is 0 Å². The number of nitrogens with zero attached hydrogens (tertiary/aromatic N) is 2. The summed E-state index contributed by atoms with van der Waals surface area (Å²) in [5.74, 6) is 0.147. The highest BCUT2D eigenvalue weighted by Gasteiger charge is 2.24. The predicted molar refractivity (Wildman–Crippen MR) is 130 cm³/mol. The molecule has 2 aromatic carbocycles. The van der Waals surface area contributed by atoms with Gasteiger partial charge in [-0.2, -0.15) is 0 Å². The normalized spacial score (nSPS) is 11.3. The van der Waals surface area contributed by atoms with Crippen LogP contribution < -0.4 is 10.6 Å². The number of aromatic nitrogens is 3. The SMILES string of the molecule is CC(C)(C)c1nc(-c2cccc(NC(=O)Nc3ccc(Cl)cc3)c2F)c(-c2ccncc2)[nH]1. The Morgan fingerprint density at radius 1 is 1.00 bits per heavy atom. The Balaban J connectivity index is 1.69. The summed E-state index contributed by atoms with van der Waals surface area (Å²) in [6, 6.07) is 14.6. The molecule has 2 aromatic heterocycles. The molecule has 2 heterocycles. The molecule has 0 atom stereocenters. The van der Waals surface area contributed by atoms with Crippen molar-refractivity contribution >= 4 is 29.0 Å². The number of aromatic amines is 1. The number of anilines is 2. The van der Waals surface area contributed by atoms with Crippen LogP contribution in [0.5, 0.6) is 0 Å². The van der Waals surface area contributed by atoms with E-state index in [-0.39, 0.29) is 16.7 Å². The lowest BCUT2D eigenvalue weighted by atomic mass is 9.96. The number of pyridine rings is 1. The molecule has 0 saturated carbocycles. The van der Waals surface area contributed by atoms with E-state index in [1.807, 2.05) is 32.9 Å². The van der Waals surface area contributed by atoms with Gasteiger partial charge in [0, 0.05) is 39.6 Å². The molecule has 0 fully saturated rings. The number of rotatable bonds is 4. The zero-order chi connectivity index (χ0) is 23.6. The van der Waals surface area contributed by atoms with Gasteiger partial charge in [0.1, 0.15) is 5.82 Å². The number of benzene rings is 2. The molecule has 33 heavy (non-hydrogen) atoms. The molecular formula is C25H23ClFN5O. The number of imidazole rings is 1. The first-order valence-corrected chi connectivity index (χ1v) is 10.7. The first-order valence-electron chi connectivity index (χ1n) is 10.4. The van der Waals surface area contributed by atoms with Crippen molar-refractivity contribution in [1.29, 1.82) is 0 Å². The Morgan fingerprint density at radius 2 is 1.70 bits per heavy atom. The van der Waals surface area contributed by atoms with E-state index in [2.05, 4.69) is 20.6 Å². The lowest BCUT2D eigenvalue weighted by Gasteiger charge is -2.14. The van der Waals surface area contributed by atoms with Gasteiger partial charge in [-0.1, -0.05) is 38.4 Å². The average Bonchev–Trinajstić information content (AvgIpc) is 3.23. The van der Waals surface area contributed by atoms with Gasteiger partial charge in [0.05, 0.1) is 17.1 Å². The van der Waals surface area contributed by atoms with E-state index < -0.39 is 11.8 Å². The van der Waals surface area contributed by atoms with Gasteiger partial charge in [-0.25, -0.2) is 14.2 Å². The summed E-state index contributed by atoms with van der Waals surface area (Å²) >= 11 is 5.87. The van der Waals surface area contributed by atoms with Crippen molar-refractivity contribution in [2.45, 2.75) is 26.2 Å². The molecule has 3 N–H and O–H groups in total. The van der Waals surface area contributed by atoms with Crippen molar-refractivity contribution in [3.8, 4) is 22.5 Å². The Morgan fingerprint density at radius 3 is 2.36 bits per heavy atom. The van der Waals surface area contributed by atoms with Crippen molar-refractivity contribution in [2.24, 2.45) is 0 Å². The maximum absolute atomic E-state index is 15.6. The molecule has 0 aliphatic heterocycles. The predicted octanol–water partition coefficient (Wildman–Crippen LogP) is 6.87. The maximum atomic E-state index is 15.6. The summed E-state index contributed by atoms with van der Waals surface area (Å²) in [6.07, 6.45) is 3.35. The lowest BCUT2D eigenvalue weighted by molar-refractivity contribution is 0.262. The molecule has 0 unspecified atom stereocenters. The minimum Gasteiger partial charge on any atom is -0.341 e. The summed E-state index contributed by atoms with van der Waals surface area (Å²) in [6.45, 7) is 6.09. The van der Waals surface area contributed by atoms with E-state index in [1.54, 1.807) is 48.8 Å². The van der Waals surface area contributed by atoms with Crippen LogP contribution in [0.25, 0.3) is 22.5 Å². The molecule has 0 radical (unpaired) electrons. The smallest absolute Gasteiger partial charge is 0.323 e. The molecule has 8 heteroatoms. The number of urea groups is 1. The molecule has 0 spiro atoms. The fourth-order valence-electron chi connectivity index (χ4n) is 3.28. The minimum absolute atomic E-state index is 0.0416. The van der Waals surface area contributed by atoms with Crippen LogP contribution in [0.1, 0.15) is 26.6 Å². The first-order chi connectivity index (χ1) is 15.7. The third kappa shape index (κ3) is 5.04. The van der Waals surface area contributed by atoms with E-state index in [9.17, 15) is 4.79 Å². The number of amides is 2. The largest absolute Gasteiger partial charge is 0.341 e. The van der Waals surface area contributed by atoms with Crippen LogP contribution in [-0.4, -0.2) is 21.0 Å². The Labute approximate surface area is 196 Å². The number of hydrogen-bond donors (Lipinski definition) is 3. The standard InChI is InChI=1S/C25H23ClFN5O/c1-25(2,3)23-31-21(15-11-13-28-14-12-15)22(32-23)18-5-4-6-19(20(18)27)30-24(33)29-17-9-7-16(26)8-10-17/h4-14H,1-3H3,(H,31,32)(H2,29,30,33). The molecule has 0 aliphatic carbocycles. The van der Waals surface area contributed by atoms with Gasteiger partial charge in [-0.15, -0.1) is 0 Å². The third-order valence-corrected chi connectivity index (χ3v) is 5.24. The maximum Gasteiger partial charge on any atom is 0.323 e. The Hall–Kier alpha value is -3.71. The highest BCUT2D eigenvalue weighted by molar-refractivity contribution is 6.30. The Kier molecular flexibility index (Phi) is 6.16. The van der Waals surface area contributed by atoms with Crippen LogP contribution >= 0.6 is 11.6 Å². The zero-order valence-electron chi connectivity index (χ0n) is 18.4. The summed E-state index contributed by atoms with van der Waals surface area (Å²) in [5, 5.41) is 5.79. The van der Waals surface area contributed by atoms with Crippen molar-refractivity contribution in [1.82, 2.24) is 15.0 Å². The fourth-order valence-corrected chi connectivity index (χ4v) is 3.41. The zero-order valence-corrected chi connectivity index (χ0v) is 19.2. The minimum atomic E-state index is -0.578. The number of hydrogen-bond acceptors (Lipinski definition) is 3. The van der Waals surface area contributed by atoms with Crippen LogP contribution in [0.2, 0.25) is 5.02 Å². The summed E-state index contributed by atoms with van der Waals surface area (Å²) < 4.78 is 15.6. The number of halogens is 2. The second-order valence-electron chi connectivity index (χ2n) is 8.55. The molecular weight excluding hydrogens is 441 g/mol. The highest BCUT2D eigenvalue weighted by Crippen LogP contribution is 2.36. The molecule has 4 rings (SSSR count). The van der Waals surface area contributed by atoms with E-state index in [1.165, 1.54) is 6.07 Å². The summed E-state index contributed by atoms with van der Waals surface area (Å²) in [7, 11) is 0. The molecule has 2 amide bonds. The second kappa shape index (κ2) is 9.03. The highest BCUT2D eigenvalue weighted by atomic mass is 35.5. The third-order valence-electron chi connectivity index (χ3n) is 4.99. The molecule has 0 saturated heterocycles. The molecule has 0 bridgehead atoms. The van der Waals surface area contributed by atoms with Crippen LogP contribution in [0, 0.1) is 5.82 Å². The fraction of sp³-hybridized carbons (Fsp3) is 0.160. The number of carbonyl (C=O) groups is 1. The molecule has 168 valence electrons. The molecule has 6 nitrogen and oxygen atoms in total. The second-order valence-corrected chi connectivity index (χ2v) is 8.98. The van der Waals surface area contributed by atoms with E-state index >= 15 is 4.39 Å². The summed E-state index contributed by atoms with van der Waals surface area (Å²) in [4.78, 5) is 24.6. The van der Waals surface area contributed by atoms with Crippen molar-refractivity contribution < 1.29 is 9.18 Å². The van der Waals surface area contributed by atoms with Crippen molar-refractivity contribution in [3.05, 3.63) is 83.7 Å². The van der Waals surface area contributed by atoms with E-state index in [0.29, 0.717) is 22.1 Å². The lowest BCUT2D eigenvalue weighted by Crippen LogP contribution is -2.20. The van der Waals surface area contributed by atoms with Crippen LogP contribution in [0.15, 0.2) is 67.0 Å². The molecule has 0 aliphatic rings. The summed E-state index contributed by atoms with van der Waals surface area (Å²) in [5.41, 5.74) is 2.56. The van der Waals surface area contributed by atoms with Gasteiger partial charge >= 0.3 is 6.03 Å². The van der Waals surface area contributed by atoms with Crippen molar-refractivity contribution in [2.75, 3.05) is 10.6 Å². The van der Waals surface area contributed by atoms with Gasteiger partial charge in [0.2, 0.25) is 0 Å². The topological polar surface area (TPSA) is 82.7 Å². The van der Waals surface area contributed by atoms with Gasteiger partial charge in [0.25, 0.3) is 0 Å². The number of carbonyl (C=O) groups excluding carboxylic acids is 1. The number of H-pyrrole nitrogens is 1. The van der Waals surface area contributed by atoms with Gasteiger partial charge < -0.3 is 15.6 Å². The first kappa shape index (κ1) is 22.5. The van der Waals surface area contributed by atoms with Crippen molar-refractivity contribution in [3.63, 3.8) is 0 Å². The average molecular weight is 464 g/mol. The van der Waals surface area contributed by atoms with Gasteiger partial charge in [0.15, 0.2) is 5.82 Å². The molecule has 4 aromatic rings. The quantitative estimate of drug-likeness (QED) is 0.308. The number of nitrogens with one attached hydrogen (secondary N) is 3. The van der Waals surface area contributed by atoms with E-state index in [0.717, 1.165) is 11.4 Å². The monoisotopic (exact) mass is 463 g/mol. The van der Waals surface area contributed by atoms with Gasteiger partial charge in [-0.3, -0.25) is 4.98 Å². The van der Waals surface area contributed by atoms with Gasteiger partial charge in [-0.05, 0) is 48.5 Å².